The van der Waals surface area contributed by atoms with Crippen molar-refractivity contribution in [3.05, 3.63) is 64.4 Å². The second kappa shape index (κ2) is 7.93. The van der Waals surface area contributed by atoms with Gasteiger partial charge in [0.2, 0.25) is 5.91 Å². The molecule has 24 heavy (non-hydrogen) atoms. The fraction of sp³-hybridized carbons (Fsp3) is 0.222. The number of anilines is 1. The fourth-order valence-electron chi connectivity index (χ4n) is 2.33. The van der Waals surface area contributed by atoms with Crippen LogP contribution in [-0.4, -0.2) is 24.9 Å². The molecule has 0 heterocycles. The van der Waals surface area contributed by atoms with Crippen LogP contribution < -0.4 is 10.2 Å². The predicted molar refractivity (Wildman–Crippen MR) is 92.9 cm³/mol. The van der Waals surface area contributed by atoms with Crippen LogP contribution in [0, 0.1) is 12.7 Å². The summed E-state index contributed by atoms with van der Waals surface area (Å²) in [5.41, 5.74) is 1.96. The summed E-state index contributed by atoms with van der Waals surface area (Å²) in [4.78, 5) is 25.4. The average Bonchev–Trinajstić information content (AvgIpc) is 2.54. The summed E-state index contributed by atoms with van der Waals surface area (Å²) in [6, 6.07) is 11.3. The van der Waals surface area contributed by atoms with Gasteiger partial charge in [0.15, 0.2) is 0 Å². The van der Waals surface area contributed by atoms with Crippen LogP contribution in [0.15, 0.2) is 42.5 Å². The average molecular weight is 349 g/mol. The van der Waals surface area contributed by atoms with Crippen molar-refractivity contribution in [2.45, 2.75) is 13.8 Å². The van der Waals surface area contributed by atoms with Gasteiger partial charge in [-0.25, -0.2) is 4.39 Å². The van der Waals surface area contributed by atoms with Gasteiger partial charge in [0.05, 0.1) is 5.02 Å². The highest BCUT2D eigenvalue weighted by Crippen LogP contribution is 2.22. The van der Waals surface area contributed by atoms with E-state index in [9.17, 15) is 14.0 Å². The van der Waals surface area contributed by atoms with Crippen LogP contribution in [0.1, 0.15) is 22.8 Å². The van der Waals surface area contributed by atoms with Crippen LogP contribution in [0.25, 0.3) is 0 Å². The number of nitrogens with zero attached hydrogens (tertiary/aromatic N) is 1. The van der Waals surface area contributed by atoms with Crippen molar-refractivity contribution in [3.63, 3.8) is 0 Å². The van der Waals surface area contributed by atoms with Crippen molar-refractivity contribution in [1.29, 1.82) is 0 Å². The van der Waals surface area contributed by atoms with Crippen LogP contribution in [0.4, 0.5) is 10.1 Å². The molecule has 0 saturated heterocycles. The lowest BCUT2D eigenvalue weighted by molar-refractivity contribution is -0.116. The minimum Gasteiger partial charge on any atom is -0.350 e. The Labute approximate surface area is 145 Å². The topological polar surface area (TPSA) is 49.4 Å². The number of hydrogen-bond acceptors (Lipinski definition) is 2. The number of benzene rings is 2. The largest absolute Gasteiger partial charge is 0.350 e. The number of aryl methyl sites for hydroxylation is 1. The van der Waals surface area contributed by atoms with Gasteiger partial charge in [0.25, 0.3) is 5.91 Å². The van der Waals surface area contributed by atoms with Crippen molar-refractivity contribution < 1.29 is 14.0 Å². The highest BCUT2D eigenvalue weighted by molar-refractivity contribution is 6.31. The molecule has 2 amide bonds. The van der Waals surface area contributed by atoms with Gasteiger partial charge in [-0.1, -0.05) is 29.8 Å². The van der Waals surface area contributed by atoms with Crippen molar-refractivity contribution in [2.24, 2.45) is 0 Å². The molecule has 0 aliphatic rings. The maximum absolute atomic E-state index is 13.3. The Morgan fingerprint density at radius 2 is 1.92 bits per heavy atom. The zero-order valence-corrected chi connectivity index (χ0v) is 14.2. The predicted octanol–water partition coefficient (Wildman–Crippen LogP) is 3.57. The highest BCUT2D eigenvalue weighted by atomic mass is 35.5. The zero-order chi connectivity index (χ0) is 17.7. The number of halogens is 2. The van der Waals surface area contributed by atoms with E-state index in [0.717, 1.165) is 5.56 Å². The summed E-state index contributed by atoms with van der Waals surface area (Å²) in [5.74, 6) is -0.965. The lowest BCUT2D eigenvalue weighted by Crippen LogP contribution is -2.37. The van der Waals surface area contributed by atoms with Gasteiger partial charge in [0, 0.05) is 31.3 Å². The van der Waals surface area contributed by atoms with Crippen LogP contribution in [0.2, 0.25) is 5.02 Å². The van der Waals surface area contributed by atoms with E-state index >= 15 is 0 Å². The lowest BCUT2D eigenvalue weighted by atomic mass is 10.1. The summed E-state index contributed by atoms with van der Waals surface area (Å²) in [7, 11) is 0. The van der Waals surface area contributed by atoms with Gasteiger partial charge in [-0.15, -0.1) is 0 Å². The Bertz CT molecular complexity index is 764. The number of nitrogens with one attached hydrogen (secondary N) is 1. The number of carbonyl (C=O) groups excluding carboxylic acids is 2. The van der Waals surface area contributed by atoms with E-state index in [1.165, 1.54) is 30.0 Å². The molecular formula is C18H18ClFN2O2. The first-order valence-corrected chi connectivity index (χ1v) is 7.85. The third-order valence-electron chi connectivity index (χ3n) is 3.61. The molecular weight excluding hydrogens is 331 g/mol. The number of rotatable bonds is 5. The Morgan fingerprint density at radius 1 is 1.21 bits per heavy atom. The van der Waals surface area contributed by atoms with E-state index in [1.54, 1.807) is 12.1 Å². The van der Waals surface area contributed by atoms with Crippen LogP contribution >= 0.6 is 11.6 Å². The standard InChI is InChI=1S/C18H18ClFN2O2/c1-12-5-3-4-6-15(12)18(24)21-9-10-22(13(2)23)14-7-8-17(20)16(19)11-14/h3-8,11H,9-10H2,1-2H3,(H,21,24). The van der Waals surface area contributed by atoms with E-state index < -0.39 is 5.82 Å². The van der Waals surface area contributed by atoms with Gasteiger partial charge in [-0.2, -0.15) is 0 Å². The van der Waals surface area contributed by atoms with E-state index in [1.807, 2.05) is 19.1 Å². The third-order valence-corrected chi connectivity index (χ3v) is 3.90. The lowest BCUT2D eigenvalue weighted by Gasteiger charge is -2.22. The van der Waals surface area contributed by atoms with E-state index in [0.29, 0.717) is 11.3 Å². The van der Waals surface area contributed by atoms with Crippen LogP contribution in [-0.2, 0) is 4.79 Å². The molecule has 0 bridgehead atoms. The highest BCUT2D eigenvalue weighted by Gasteiger charge is 2.14. The summed E-state index contributed by atoms with van der Waals surface area (Å²) in [6.45, 7) is 3.79. The van der Waals surface area contributed by atoms with Gasteiger partial charge in [0.1, 0.15) is 5.82 Å². The molecule has 0 radical (unpaired) electrons. The second-order valence-corrected chi connectivity index (χ2v) is 5.75. The molecule has 6 heteroatoms. The normalized spacial score (nSPS) is 10.3. The van der Waals surface area contributed by atoms with E-state index in [-0.39, 0.29) is 29.9 Å². The number of amides is 2. The van der Waals surface area contributed by atoms with E-state index in [4.69, 9.17) is 11.6 Å². The maximum atomic E-state index is 13.3. The van der Waals surface area contributed by atoms with Crippen molar-refractivity contribution in [2.75, 3.05) is 18.0 Å². The Hall–Kier alpha value is -2.40. The fourth-order valence-corrected chi connectivity index (χ4v) is 2.50. The van der Waals surface area contributed by atoms with Crippen LogP contribution in [0.3, 0.4) is 0 Å². The van der Waals surface area contributed by atoms with Gasteiger partial charge >= 0.3 is 0 Å². The first kappa shape index (κ1) is 17.9. The third kappa shape index (κ3) is 4.32. The Kier molecular flexibility index (Phi) is 5.93. The molecule has 0 aliphatic carbocycles. The van der Waals surface area contributed by atoms with Gasteiger partial charge in [-0.05, 0) is 36.8 Å². The van der Waals surface area contributed by atoms with Gasteiger partial charge < -0.3 is 10.2 Å². The van der Waals surface area contributed by atoms with Gasteiger partial charge in [-0.3, -0.25) is 9.59 Å². The molecule has 2 rings (SSSR count). The number of hydrogen-bond donors (Lipinski definition) is 1. The molecule has 0 aliphatic heterocycles. The second-order valence-electron chi connectivity index (χ2n) is 5.34. The molecule has 2 aromatic rings. The molecule has 2 aromatic carbocycles. The number of carbonyl (C=O) groups is 2. The first-order valence-electron chi connectivity index (χ1n) is 7.47. The summed E-state index contributed by atoms with van der Waals surface area (Å²) < 4.78 is 13.3. The van der Waals surface area contributed by atoms with E-state index in [2.05, 4.69) is 5.32 Å². The first-order chi connectivity index (χ1) is 11.4. The summed E-state index contributed by atoms with van der Waals surface area (Å²) in [6.07, 6.45) is 0. The maximum Gasteiger partial charge on any atom is 0.251 e. The minimum absolute atomic E-state index is 0.0531. The minimum atomic E-state index is -0.545. The monoisotopic (exact) mass is 348 g/mol. The summed E-state index contributed by atoms with van der Waals surface area (Å²) in [5, 5.41) is 2.73. The molecule has 0 aromatic heterocycles. The smallest absolute Gasteiger partial charge is 0.251 e. The summed E-state index contributed by atoms with van der Waals surface area (Å²) >= 11 is 5.76. The van der Waals surface area contributed by atoms with Crippen molar-refractivity contribution in [3.8, 4) is 0 Å². The zero-order valence-electron chi connectivity index (χ0n) is 13.5. The Morgan fingerprint density at radius 3 is 2.54 bits per heavy atom. The SMILES string of the molecule is CC(=O)N(CCNC(=O)c1ccccc1C)c1ccc(F)c(Cl)c1. The quantitative estimate of drug-likeness (QED) is 0.898. The molecule has 126 valence electrons. The van der Waals surface area contributed by atoms with Crippen LogP contribution in [0.5, 0.6) is 0 Å². The molecule has 4 nitrogen and oxygen atoms in total. The molecule has 0 saturated carbocycles. The molecule has 0 spiro atoms. The molecule has 0 unspecified atom stereocenters. The molecule has 1 N–H and O–H groups in total. The van der Waals surface area contributed by atoms with Crippen molar-refractivity contribution in [1.82, 2.24) is 5.32 Å². The molecule has 0 fully saturated rings. The Balaban J connectivity index is 2.02. The van der Waals surface area contributed by atoms with Crippen molar-refractivity contribution >= 4 is 29.1 Å². The molecule has 0 atom stereocenters.